The molecule has 1 unspecified atom stereocenters. The maximum absolute atomic E-state index is 9.47. The van der Waals surface area contributed by atoms with E-state index in [1.54, 1.807) is 26.4 Å². The van der Waals surface area contributed by atoms with Gasteiger partial charge in [0.15, 0.2) is 11.5 Å². The summed E-state index contributed by atoms with van der Waals surface area (Å²) in [5.41, 5.74) is 8.75. The monoisotopic (exact) mass is 301 g/mol. The van der Waals surface area contributed by atoms with E-state index in [-0.39, 0.29) is 5.75 Å². The molecule has 0 aromatic heterocycles. The van der Waals surface area contributed by atoms with Crippen LogP contribution in [0.4, 0.5) is 0 Å². The molecule has 0 saturated carbocycles. The highest BCUT2D eigenvalue weighted by Crippen LogP contribution is 2.41. The Morgan fingerprint density at radius 3 is 2.32 bits per heavy atom. The van der Waals surface area contributed by atoms with Crippen LogP contribution in [0, 0.1) is 0 Å². The smallest absolute Gasteiger partial charge is 0.168 e. The van der Waals surface area contributed by atoms with E-state index in [0.29, 0.717) is 24.0 Å². The SMILES string of the molecule is COc1cc(C(C)CCN)cc(-c2ccc(O)cc2)c1OC. The van der Waals surface area contributed by atoms with Gasteiger partial charge in [-0.05, 0) is 54.3 Å². The van der Waals surface area contributed by atoms with E-state index in [1.165, 1.54) is 0 Å². The van der Waals surface area contributed by atoms with Crippen molar-refractivity contribution in [1.82, 2.24) is 0 Å². The third-order valence-corrected chi connectivity index (χ3v) is 3.85. The molecule has 4 nitrogen and oxygen atoms in total. The summed E-state index contributed by atoms with van der Waals surface area (Å²) in [5, 5.41) is 9.47. The minimum atomic E-state index is 0.238. The van der Waals surface area contributed by atoms with Crippen molar-refractivity contribution in [3.63, 3.8) is 0 Å². The van der Waals surface area contributed by atoms with Gasteiger partial charge in [0.25, 0.3) is 0 Å². The minimum absolute atomic E-state index is 0.238. The summed E-state index contributed by atoms with van der Waals surface area (Å²) in [4.78, 5) is 0. The molecule has 0 bridgehead atoms. The fraction of sp³-hybridized carbons (Fsp3) is 0.333. The first-order chi connectivity index (χ1) is 10.6. The molecule has 3 N–H and O–H groups in total. The Bertz CT molecular complexity index is 623. The quantitative estimate of drug-likeness (QED) is 0.856. The zero-order valence-electron chi connectivity index (χ0n) is 13.3. The summed E-state index contributed by atoms with van der Waals surface area (Å²) in [5.74, 6) is 1.96. The topological polar surface area (TPSA) is 64.7 Å². The lowest BCUT2D eigenvalue weighted by Crippen LogP contribution is -2.05. The van der Waals surface area contributed by atoms with E-state index < -0.39 is 0 Å². The zero-order valence-corrected chi connectivity index (χ0v) is 13.3. The summed E-state index contributed by atoms with van der Waals surface area (Å²) in [7, 11) is 3.26. The molecule has 2 aromatic carbocycles. The number of phenolic OH excluding ortho intramolecular Hbond substituents is 1. The zero-order chi connectivity index (χ0) is 16.1. The van der Waals surface area contributed by atoms with Crippen molar-refractivity contribution < 1.29 is 14.6 Å². The van der Waals surface area contributed by atoms with Gasteiger partial charge >= 0.3 is 0 Å². The van der Waals surface area contributed by atoms with Crippen LogP contribution in [0.1, 0.15) is 24.8 Å². The fourth-order valence-corrected chi connectivity index (χ4v) is 2.54. The highest BCUT2D eigenvalue weighted by molar-refractivity contribution is 5.75. The van der Waals surface area contributed by atoms with Gasteiger partial charge in [0.2, 0.25) is 0 Å². The molecule has 0 spiro atoms. The predicted octanol–water partition coefficient (Wildman–Crippen LogP) is 3.53. The van der Waals surface area contributed by atoms with Crippen LogP contribution in [0.2, 0.25) is 0 Å². The van der Waals surface area contributed by atoms with Crippen LogP contribution in [0.3, 0.4) is 0 Å². The molecule has 2 aromatic rings. The number of phenols is 1. The summed E-state index contributed by atoms with van der Waals surface area (Å²) in [6.45, 7) is 2.79. The van der Waals surface area contributed by atoms with Crippen molar-refractivity contribution >= 4 is 0 Å². The Kier molecular flexibility index (Phi) is 5.28. The van der Waals surface area contributed by atoms with E-state index in [0.717, 1.165) is 23.1 Å². The second-order valence-electron chi connectivity index (χ2n) is 5.33. The number of hydrogen-bond donors (Lipinski definition) is 2. The van der Waals surface area contributed by atoms with Crippen molar-refractivity contribution in [2.24, 2.45) is 5.73 Å². The lowest BCUT2D eigenvalue weighted by molar-refractivity contribution is 0.355. The minimum Gasteiger partial charge on any atom is -0.508 e. The van der Waals surface area contributed by atoms with E-state index in [2.05, 4.69) is 13.0 Å². The number of ether oxygens (including phenoxy) is 2. The van der Waals surface area contributed by atoms with Crippen molar-refractivity contribution in [3.8, 4) is 28.4 Å². The van der Waals surface area contributed by atoms with Gasteiger partial charge in [-0.3, -0.25) is 0 Å². The van der Waals surface area contributed by atoms with Gasteiger partial charge in [-0.1, -0.05) is 19.1 Å². The number of methoxy groups -OCH3 is 2. The molecule has 0 radical (unpaired) electrons. The Labute approximate surface area is 131 Å². The van der Waals surface area contributed by atoms with E-state index >= 15 is 0 Å². The average molecular weight is 301 g/mol. The van der Waals surface area contributed by atoms with E-state index in [4.69, 9.17) is 15.2 Å². The van der Waals surface area contributed by atoms with E-state index in [9.17, 15) is 5.11 Å². The van der Waals surface area contributed by atoms with Crippen molar-refractivity contribution in [1.29, 1.82) is 0 Å². The molecule has 0 fully saturated rings. The molecule has 0 heterocycles. The van der Waals surface area contributed by atoms with Crippen LogP contribution in [0.5, 0.6) is 17.2 Å². The van der Waals surface area contributed by atoms with Crippen LogP contribution in [0.25, 0.3) is 11.1 Å². The largest absolute Gasteiger partial charge is 0.508 e. The molecule has 118 valence electrons. The molecule has 2 rings (SSSR count). The molecule has 22 heavy (non-hydrogen) atoms. The van der Waals surface area contributed by atoms with Crippen molar-refractivity contribution in [3.05, 3.63) is 42.0 Å². The molecular formula is C18H23NO3. The first kappa shape index (κ1) is 16.2. The lowest BCUT2D eigenvalue weighted by atomic mass is 9.93. The fourth-order valence-electron chi connectivity index (χ4n) is 2.54. The van der Waals surface area contributed by atoms with Crippen LogP contribution in [-0.2, 0) is 0 Å². The number of nitrogens with two attached hydrogens (primary N) is 1. The molecule has 0 aliphatic rings. The lowest BCUT2D eigenvalue weighted by Gasteiger charge is -2.18. The summed E-state index contributed by atoms with van der Waals surface area (Å²) in [6.07, 6.45) is 0.907. The Morgan fingerprint density at radius 1 is 1.09 bits per heavy atom. The summed E-state index contributed by atoms with van der Waals surface area (Å²) < 4.78 is 11.0. The second-order valence-corrected chi connectivity index (χ2v) is 5.33. The Balaban J connectivity index is 2.58. The van der Waals surface area contributed by atoms with Gasteiger partial charge in [-0.25, -0.2) is 0 Å². The number of benzene rings is 2. The van der Waals surface area contributed by atoms with Gasteiger partial charge in [0, 0.05) is 5.56 Å². The van der Waals surface area contributed by atoms with Crippen LogP contribution in [-0.4, -0.2) is 25.9 Å². The molecular weight excluding hydrogens is 278 g/mol. The van der Waals surface area contributed by atoms with Crippen molar-refractivity contribution in [2.75, 3.05) is 20.8 Å². The van der Waals surface area contributed by atoms with Gasteiger partial charge < -0.3 is 20.3 Å². The Morgan fingerprint density at radius 2 is 1.77 bits per heavy atom. The second kappa shape index (κ2) is 7.18. The first-order valence-corrected chi connectivity index (χ1v) is 7.36. The summed E-state index contributed by atoms with van der Waals surface area (Å²) >= 11 is 0. The molecule has 0 amide bonds. The van der Waals surface area contributed by atoms with Crippen LogP contribution < -0.4 is 15.2 Å². The highest BCUT2D eigenvalue weighted by atomic mass is 16.5. The van der Waals surface area contributed by atoms with Gasteiger partial charge in [-0.15, -0.1) is 0 Å². The predicted molar refractivity (Wildman–Crippen MR) is 88.7 cm³/mol. The van der Waals surface area contributed by atoms with E-state index in [1.807, 2.05) is 18.2 Å². The Hall–Kier alpha value is -2.20. The van der Waals surface area contributed by atoms with Crippen molar-refractivity contribution in [2.45, 2.75) is 19.3 Å². The highest BCUT2D eigenvalue weighted by Gasteiger charge is 2.16. The third-order valence-electron chi connectivity index (χ3n) is 3.85. The molecule has 0 aliphatic carbocycles. The third kappa shape index (κ3) is 3.34. The number of hydrogen-bond acceptors (Lipinski definition) is 4. The normalized spacial score (nSPS) is 12.0. The molecule has 0 aliphatic heterocycles. The van der Waals surface area contributed by atoms with Gasteiger partial charge in [-0.2, -0.15) is 0 Å². The standard InChI is InChI=1S/C18H23NO3/c1-12(8-9-19)14-10-16(13-4-6-15(20)7-5-13)18(22-3)17(11-14)21-2/h4-7,10-12,20H,8-9,19H2,1-3H3. The first-order valence-electron chi connectivity index (χ1n) is 7.36. The summed E-state index contributed by atoms with van der Waals surface area (Å²) in [6, 6.07) is 11.2. The van der Waals surface area contributed by atoms with Crippen LogP contribution >= 0.6 is 0 Å². The maximum Gasteiger partial charge on any atom is 0.168 e. The van der Waals surface area contributed by atoms with Gasteiger partial charge in [0.05, 0.1) is 14.2 Å². The van der Waals surface area contributed by atoms with Crippen LogP contribution in [0.15, 0.2) is 36.4 Å². The molecule has 0 saturated heterocycles. The number of rotatable bonds is 6. The van der Waals surface area contributed by atoms with Gasteiger partial charge in [0.1, 0.15) is 5.75 Å². The molecule has 1 atom stereocenters. The molecule has 4 heteroatoms. The average Bonchev–Trinajstić information content (AvgIpc) is 2.54. The number of aromatic hydroxyl groups is 1. The maximum atomic E-state index is 9.47.